The van der Waals surface area contributed by atoms with Gasteiger partial charge in [0.15, 0.2) is 6.61 Å². The summed E-state index contributed by atoms with van der Waals surface area (Å²) in [4.78, 5) is 3.82. The molecule has 1 aromatic carbocycles. The lowest BCUT2D eigenvalue weighted by Gasteiger charge is -2.12. The first-order valence-corrected chi connectivity index (χ1v) is 5.10. The lowest BCUT2D eigenvalue weighted by molar-refractivity contribution is 0.282. The summed E-state index contributed by atoms with van der Waals surface area (Å²) >= 11 is 0. The molecule has 0 saturated heterocycles. The molecule has 0 fully saturated rings. The molecular weight excluding hydrogens is 225 g/mol. The predicted molar refractivity (Wildman–Crippen MR) is 57.6 cm³/mol. The molecule has 1 aromatic heterocycles. The van der Waals surface area contributed by atoms with E-state index in [0.717, 1.165) is 0 Å². The average molecular weight is 237 g/mol. The number of hydrogen-bond acceptors (Lipinski definition) is 5. The summed E-state index contributed by atoms with van der Waals surface area (Å²) in [5.74, 6) is 0.598. The van der Waals surface area contributed by atoms with Crippen molar-refractivity contribution in [2.75, 3.05) is 0 Å². The second-order valence-electron chi connectivity index (χ2n) is 3.61. The molecule has 0 aliphatic rings. The molecule has 0 spiro atoms. The summed E-state index contributed by atoms with van der Waals surface area (Å²) < 4.78 is 23.1. The van der Waals surface area contributed by atoms with Gasteiger partial charge in [-0.05, 0) is 25.1 Å². The Morgan fingerprint density at radius 3 is 3.00 bits per heavy atom. The van der Waals surface area contributed by atoms with Crippen LogP contribution in [-0.2, 0) is 6.61 Å². The Balaban J connectivity index is 2.14. The van der Waals surface area contributed by atoms with E-state index >= 15 is 0 Å². The molecule has 1 atom stereocenters. The van der Waals surface area contributed by atoms with Gasteiger partial charge in [0.2, 0.25) is 12.2 Å². The lowest BCUT2D eigenvalue weighted by Crippen LogP contribution is -2.09. The number of rotatable bonds is 4. The summed E-state index contributed by atoms with van der Waals surface area (Å²) in [5.41, 5.74) is 6.34. The van der Waals surface area contributed by atoms with Crippen LogP contribution in [0.4, 0.5) is 4.39 Å². The molecule has 0 radical (unpaired) electrons. The van der Waals surface area contributed by atoms with Gasteiger partial charge in [-0.15, -0.1) is 0 Å². The van der Waals surface area contributed by atoms with Gasteiger partial charge in [-0.1, -0.05) is 5.16 Å². The molecule has 6 heteroatoms. The zero-order chi connectivity index (χ0) is 12.3. The fraction of sp³-hybridized carbons (Fsp3) is 0.273. The average Bonchev–Trinajstić information content (AvgIpc) is 2.80. The van der Waals surface area contributed by atoms with E-state index in [-0.39, 0.29) is 18.5 Å². The SMILES string of the molecule is C[C@H](N)c1cc(F)ccc1OCc1ncon1. The fourth-order valence-corrected chi connectivity index (χ4v) is 1.40. The molecule has 2 N–H and O–H groups in total. The molecule has 90 valence electrons. The lowest BCUT2D eigenvalue weighted by atomic mass is 10.1. The van der Waals surface area contributed by atoms with Crippen LogP contribution in [0.5, 0.6) is 5.75 Å². The molecule has 0 saturated carbocycles. The number of halogens is 1. The first-order chi connectivity index (χ1) is 8.16. The zero-order valence-corrected chi connectivity index (χ0v) is 9.26. The van der Waals surface area contributed by atoms with Gasteiger partial charge in [0.25, 0.3) is 0 Å². The molecular formula is C11H12FN3O2. The smallest absolute Gasteiger partial charge is 0.213 e. The highest BCUT2D eigenvalue weighted by Crippen LogP contribution is 2.25. The van der Waals surface area contributed by atoms with E-state index in [1.54, 1.807) is 6.92 Å². The van der Waals surface area contributed by atoms with Crippen molar-refractivity contribution in [2.45, 2.75) is 19.6 Å². The highest BCUT2D eigenvalue weighted by atomic mass is 19.1. The Morgan fingerprint density at radius 1 is 1.53 bits per heavy atom. The van der Waals surface area contributed by atoms with Crippen LogP contribution in [0.1, 0.15) is 24.4 Å². The highest BCUT2D eigenvalue weighted by Gasteiger charge is 2.10. The van der Waals surface area contributed by atoms with E-state index in [0.29, 0.717) is 17.1 Å². The number of nitrogens with zero attached hydrogens (tertiary/aromatic N) is 2. The predicted octanol–water partition coefficient (Wildman–Crippen LogP) is 1.81. The number of aromatic nitrogens is 2. The molecule has 2 aromatic rings. The first kappa shape index (κ1) is 11.5. The Kier molecular flexibility index (Phi) is 3.34. The van der Waals surface area contributed by atoms with Gasteiger partial charge in [-0.2, -0.15) is 4.98 Å². The standard InChI is InChI=1S/C11H12FN3O2/c1-7(13)9-4-8(12)2-3-10(9)16-5-11-14-6-17-15-11/h2-4,6-7H,5,13H2,1H3/t7-/m0/s1. The second-order valence-corrected chi connectivity index (χ2v) is 3.61. The minimum atomic E-state index is -0.343. The fourth-order valence-electron chi connectivity index (χ4n) is 1.40. The van der Waals surface area contributed by atoms with E-state index in [1.165, 1.54) is 24.6 Å². The Morgan fingerprint density at radius 2 is 2.35 bits per heavy atom. The van der Waals surface area contributed by atoms with E-state index in [1.807, 2.05) is 0 Å². The van der Waals surface area contributed by atoms with Gasteiger partial charge in [-0.25, -0.2) is 4.39 Å². The highest BCUT2D eigenvalue weighted by molar-refractivity contribution is 5.36. The minimum Gasteiger partial charge on any atom is -0.485 e. The second kappa shape index (κ2) is 4.92. The number of benzene rings is 1. The van der Waals surface area contributed by atoms with Crippen LogP contribution in [0.15, 0.2) is 29.1 Å². The van der Waals surface area contributed by atoms with Crippen LogP contribution in [0, 0.1) is 5.82 Å². The molecule has 0 aliphatic carbocycles. The van der Waals surface area contributed by atoms with Crippen LogP contribution in [-0.4, -0.2) is 10.1 Å². The van der Waals surface area contributed by atoms with E-state index in [4.69, 9.17) is 10.5 Å². The van der Waals surface area contributed by atoms with E-state index in [2.05, 4.69) is 14.7 Å². The summed E-state index contributed by atoms with van der Waals surface area (Å²) in [6, 6.07) is 3.90. The maximum Gasteiger partial charge on any atom is 0.213 e. The van der Waals surface area contributed by atoms with E-state index < -0.39 is 0 Å². The molecule has 17 heavy (non-hydrogen) atoms. The molecule has 0 bridgehead atoms. The normalized spacial score (nSPS) is 12.4. The third kappa shape index (κ3) is 2.79. The van der Waals surface area contributed by atoms with Crippen molar-refractivity contribution in [3.63, 3.8) is 0 Å². The van der Waals surface area contributed by atoms with Crippen LogP contribution >= 0.6 is 0 Å². The van der Waals surface area contributed by atoms with Crippen molar-refractivity contribution in [1.29, 1.82) is 0 Å². The third-order valence-electron chi connectivity index (χ3n) is 2.23. The van der Waals surface area contributed by atoms with Gasteiger partial charge < -0.3 is 15.0 Å². The van der Waals surface area contributed by atoms with Gasteiger partial charge in [0.1, 0.15) is 11.6 Å². The van der Waals surface area contributed by atoms with Crippen LogP contribution in [0.2, 0.25) is 0 Å². The quantitative estimate of drug-likeness (QED) is 0.877. The minimum absolute atomic E-state index is 0.155. The molecule has 0 aliphatic heterocycles. The van der Waals surface area contributed by atoms with E-state index in [9.17, 15) is 4.39 Å². The Bertz CT molecular complexity index is 485. The van der Waals surface area contributed by atoms with Crippen molar-refractivity contribution >= 4 is 0 Å². The van der Waals surface area contributed by atoms with Gasteiger partial charge in [0.05, 0.1) is 0 Å². The Labute approximate surface area is 97.4 Å². The number of nitrogens with two attached hydrogens (primary N) is 1. The number of hydrogen-bond donors (Lipinski definition) is 1. The van der Waals surface area contributed by atoms with Gasteiger partial charge in [0, 0.05) is 11.6 Å². The van der Waals surface area contributed by atoms with Gasteiger partial charge in [-0.3, -0.25) is 0 Å². The van der Waals surface area contributed by atoms with Crippen LogP contribution < -0.4 is 10.5 Å². The maximum atomic E-state index is 13.1. The zero-order valence-electron chi connectivity index (χ0n) is 9.26. The first-order valence-electron chi connectivity index (χ1n) is 5.10. The topological polar surface area (TPSA) is 74.2 Å². The molecule has 0 unspecified atom stereocenters. The largest absolute Gasteiger partial charge is 0.485 e. The van der Waals surface area contributed by atoms with Crippen molar-refractivity contribution in [1.82, 2.24) is 10.1 Å². The monoisotopic (exact) mass is 237 g/mol. The maximum absolute atomic E-state index is 13.1. The van der Waals surface area contributed by atoms with Crippen LogP contribution in [0.25, 0.3) is 0 Å². The van der Waals surface area contributed by atoms with Crippen molar-refractivity contribution < 1.29 is 13.7 Å². The van der Waals surface area contributed by atoms with Crippen molar-refractivity contribution in [2.24, 2.45) is 5.73 Å². The van der Waals surface area contributed by atoms with Crippen LogP contribution in [0.3, 0.4) is 0 Å². The Hall–Kier alpha value is -1.95. The summed E-state index contributed by atoms with van der Waals surface area (Å²) in [5, 5.41) is 3.61. The molecule has 0 amide bonds. The van der Waals surface area contributed by atoms with Gasteiger partial charge >= 0.3 is 0 Å². The molecule has 2 rings (SSSR count). The summed E-state index contributed by atoms with van der Waals surface area (Å²) in [6.45, 7) is 1.91. The summed E-state index contributed by atoms with van der Waals surface area (Å²) in [6.07, 6.45) is 1.22. The summed E-state index contributed by atoms with van der Waals surface area (Å²) in [7, 11) is 0. The van der Waals surface area contributed by atoms with Crippen molar-refractivity contribution in [3.8, 4) is 5.75 Å². The molecule has 1 heterocycles. The molecule has 5 nitrogen and oxygen atoms in total. The third-order valence-corrected chi connectivity index (χ3v) is 2.23. The van der Waals surface area contributed by atoms with Crippen molar-refractivity contribution in [3.05, 3.63) is 41.8 Å². The number of ether oxygens (including phenoxy) is 1.